The van der Waals surface area contributed by atoms with Gasteiger partial charge in [0.25, 0.3) is 0 Å². The van der Waals surface area contributed by atoms with Gasteiger partial charge in [-0.3, -0.25) is 0 Å². The van der Waals surface area contributed by atoms with E-state index >= 15 is 0 Å². The zero-order chi connectivity index (χ0) is 14.2. The SMILES string of the molecule is O=c1sc2c(ccc3ccccc32)n[n+]1-c1ccccc1. The Labute approximate surface area is 124 Å². The van der Waals surface area contributed by atoms with E-state index in [2.05, 4.69) is 5.10 Å². The molecule has 0 amide bonds. The van der Waals surface area contributed by atoms with Gasteiger partial charge in [0.15, 0.2) is 0 Å². The predicted octanol–water partition coefficient (Wildman–Crippen LogP) is 3.09. The first-order valence-corrected chi connectivity index (χ1v) is 7.45. The van der Waals surface area contributed by atoms with Crippen LogP contribution in [0.2, 0.25) is 0 Å². The third-order valence-corrected chi connectivity index (χ3v) is 4.41. The number of fused-ring (bicyclic) bond motifs is 3. The summed E-state index contributed by atoms with van der Waals surface area (Å²) in [5.74, 6) is 0. The van der Waals surface area contributed by atoms with Crippen LogP contribution in [0.1, 0.15) is 0 Å². The lowest BCUT2D eigenvalue weighted by Crippen LogP contribution is -2.49. The molecular weight excluding hydrogens is 280 g/mol. The van der Waals surface area contributed by atoms with Crippen LogP contribution >= 0.6 is 11.3 Å². The highest BCUT2D eigenvalue weighted by Crippen LogP contribution is 2.24. The van der Waals surface area contributed by atoms with Crippen molar-refractivity contribution in [3.63, 3.8) is 0 Å². The lowest BCUT2D eigenvalue weighted by atomic mass is 10.1. The average Bonchev–Trinajstić information content (AvgIpc) is 2.55. The van der Waals surface area contributed by atoms with Crippen molar-refractivity contribution < 1.29 is 4.68 Å². The van der Waals surface area contributed by atoms with Gasteiger partial charge in [-0.1, -0.05) is 48.5 Å². The van der Waals surface area contributed by atoms with Crippen molar-refractivity contribution in [2.45, 2.75) is 0 Å². The summed E-state index contributed by atoms with van der Waals surface area (Å²) in [5, 5.41) is 6.71. The van der Waals surface area contributed by atoms with Gasteiger partial charge in [0.2, 0.25) is 5.69 Å². The third-order valence-electron chi connectivity index (χ3n) is 3.43. The molecule has 1 aromatic heterocycles. The second kappa shape index (κ2) is 4.75. The Balaban J connectivity index is 2.08. The van der Waals surface area contributed by atoms with E-state index in [0.29, 0.717) is 0 Å². The first-order chi connectivity index (χ1) is 10.3. The quantitative estimate of drug-likeness (QED) is 0.399. The third kappa shape index (κ3) is 2.00. The zero-order valence-electron chi connectivity index (χ0n) is 11.1. The molecule has 0 saturated carbocycles. The second-order valence-corrected chi connectivity index (χ2v) is 5.71. The van der Waals surface area contributed by atoms with Crippen molar-refractivity contribution in [3.8, 4) is 5.69 Å². The molecule has 0 atom stereocenters. The second-order valence-electron chi connectivity index (χ2n) is 4.75. The van der Waals surface area contributed by atoms with Gasteiger partial charge in [-0.25, -0.2) is 4.79 Å². The van der Waals surface area contributed by atoms with E-state index in [-0.39, 0.29) is 4.87 Å². The molecular formula is C17H11N2OS+. The monoisotopic (exact) mass is 291 g/mol. The molecule has 0 fully saturated rings. The minimum atomic E-state index is -0.0787. The molecule has 4 heteroatoms. The van der Waals surface area contributed by atoms with Gasteiger partial charge in [0, 0.05) is 27.3 Å². The summed E-state index contributed by atoms with van der Waals surface area (Å²) in [6, 6.07) is 21.6. The smallest absolute Gasteiger partial charge is 0.200 e. The van der Waals surface area contributed by atoms with E-state index in [9.17, 15) is 4.79 Å². The fourth-order valence-corrected chi connectivity index (χ4v) is 3.35. The Morgan fingerprint density at radius 2 is 1.62 bits per heavy atom. The van der Waals surface area contributed by atoms with Crippen LogP contribution in [0.3, 0.4) is 0 Å². The Hall–Kier alpha value is -2.59. The van der Waals surface area contributed by atoms with Crippen molar-refractivity contribution in [3.05, 3.63) is 76.4 Å². The maximum absolute atomic E-state index is 12.4. The zero-order valence-corrected chi connectivity index (χ0v) is 11.9. The van der Waals surface area contributed by atoms with Gasteiger partial charge in [-0.2, -0.15) is 0 Å². The Morgan fingerprint density at radius 3 is 2.48 bits per heavy atom. The van der Waals surface area contributed by atoms with Crippen molar-refractivity contribution in [1.82, 2.24) is 5.10 Å². The number of para-hydroxylation sites is 1. The molecule has 3 nitrogen and oxygen atoms in total. The van der Waals surface area contributed by atoms with E-state index < -0.39 is 0 Å². The standard InChI is InChI=1S/C17H11N2OS/c20-17-19(13-7-2-1-3-8-13)18-15-11-10-12-6-4-5-9-14(12)16(15)21-17/h1-11H/q+1. The van der Waals surface area contributed by atoms with Gasteiger partial charge in [-0.15, -0.1) is 0 Å². The number of rotatable bonds is 1. The Morgan fingerprint density at radius 1 is 0.857 bits per heavy atom. The number of hydrogen-bond acceptors (Lipinski definition) is 3. The van der Waals surface area contributed by atoms with Crippen molar-refractivity contribution in [2.75, 3.05) is 0 Å². The molecule has 100 valence electrons. The summed E-state index contributed by atoms with van der Waals surface area (Å²) < 4.78 is 2.40. The summed E-state index contributed by atoms with van der Waals surface area (Å²) in [4.78, 5) is 12.3. The van der Waals surface area contributed by atoms with Crippen LogP contribution in [-0.4, -0.2) is 5.10 Å². The highest BCUT2D eigenvalue weighted by molar-refractivity contribution is 7.16. The highest BCUT2D eigenvalue weighted by atomic mass is 32.1. The molecule has 0 saturated heterocycles. The van der Waals surface area contributed by atoms with Crippen LogP contribution in [0.15, 0.2) is 71.5 Å². The molecule has 21 heavy (non-hydrogen) atoms. The molecule has 0 bridgehead atoms. The summed E-state index contributed by atoms with van der Waals surface area (Å²) in [5.41, 5.74) is 1.62. The van der Waals surface area contributed by atoms with Gasteiger partial charge < -0.3 is 0 Å². The molecule has 3 aromatic carbocycles. The van der Waals surface area contributed by atoms with Crippen LogP contribution < -0.4 is 9.55 Å². The predicted molar refractivity (Wildman–Crippen MR) is 84.9 cm³/mol. The Bertz CT molecular complexity index is 1010. The van der Waals surface area contributed by atoms with E-state index in [4.69, 9.17) is 0 Å². The average molecular weight is 291 g/mol. The fraction of sp³-hybridized carbons (Fsp3) is 0. The molecule has 0 unspecified atom stereocenters. The van der Waals surface area contributed by atoms with E-state index in [1.54, 1.807) is 0 Å². The first-order valence-electron chi connectivity index (χ1n) is 6.63. The molecule has 4 rings (SSSR count). The Kier molecular flexibility index (Phi) is 2.75. The molecule has 0 N–H and O–H groups in total. The van der Waals surface area contributed by atoms with Crippen LogP contribution in [0.25, 0.3) is 26.7 Å². The minimum absolute atomic E-state index is 0.0787. The topological polar surface area (TPSA) is 33.8 Å². The largest absolute Gasteiger partial charge is 0.504 e. The molecule has 4 aromatic rings. The van der Waals surface area contributed by atoms with Crippen LogP contribution in [0.5, 0.6) is 0 Å². The molecule has 0 aliphatic heterocycles. The van der Waals surface area contributed by atoms with Crippen molar-refractivity contribution in [1.29, 1.82) is 0 Å². The van der Waals surface area contributed by atoms with Crippen LogP contribution in [0.4, 0.5) is 0 Å². The van der Waals surface area contributed by atoms with E-state index in [0.717, 1.165) is 26.7 Å². The molecule has 1 heterocycles. The minimum Gasteiger partial charge on any atom is -0.200 e. The molecule has 0 aliphatic carbocycles. The molecule has 0 aliphatic rings. The van der Waals surface area contributed by atoms with Crippen molar-refractivity contribution in [2.24, 2.45) is 0 Å². The summed E-state index contributed by atoms with van der Waals surface area (Å²) in [6.45, 7) is 0. The van der Waals surface area contributed by atoms with Gasteiger partial charge in [0.05, 0.1) is 4.70 Å². The summed E-state index contributed by atoms with van der Waals surface area (Å²) in [7, 11) is 0. The van der Waals surface area contributed by atoms with E-state index in [1.807, 2.05) is 66.7 Å². The summed E-state index contributed by atoms with van der Waals surface area (Å²) >= 11 is 1.24. The summed E-state index contributed by atoms with van der Waals surface area (Å²) in [6.07, 6.45) is 0. The van der Waals surface area contributed by atoms with Gasteiger partial charge in [0.1, 0.15) is 5.52 Å². The number of hydrogen-bond donors (Lipinski definition) is 0. The first kappa shape index (κ1) is 12.2. The normalized spacial score (nSPS) is 11.0. The van der Waals surface area contributed by atoms with E-state index in [1.165, 1.54) is 16.0 Å². The highest BCUT2D eigenvalue weighted by Gasteiger charge is 2.16. The van der Waals surface area contributed by atoms with Crippen molar-refractivity contribution >= 4 is 32.3 Å². The lowest BCUT2D eigenvalue weighted by Gasteiger charge is -2.00. The lowest BCUT2D eigenvalue weighted by molar-refractivity contribution is -0.667. The molecule has 0 spiro atoms. The number of benzene rings is 3. The van der Waals surface area contributed by atoms with Gasteiger partial charge in [-0.05, 0) is 22.8 Å². The fourth-order valence-electron chi connectivity index (χ4n) is 2.43. The maximum atomic E-state index is 12.4. The van der Waals surface area contributed by atoms with Gasteiger partial charge >= 0.3 is 4.87 Å². The molecule has 0 radical (unpaired) electrons. The van der Waals surface area contributed by atoms with Crippen LogP contribution in [0, 0.1) is 0 Å². The number of nitrogens with zero attached hydrogens (tertiary/aromatic N) is 2. The maximum Gasteiger partial charge on any atom is 0.504 e. The number of aromatic nitrogens is 2. The van der Waals surface area contributed by atoms with Crippen LogP contribution in [-0.2, 0) is 0 Å².